The minimum atomic E-state index is -3.54. The summed E-state index contributed by atoms with van der Waals surface area (Å²) in [5.41, 5.74) is 1.36. The number of aromatic nitrogens is 1. The second-order valence-corrected chi connectivity index (χ2v) is 9.99. The molecule has 0 spiro atoms. The van der Waals surface area contributed by atoms with E-state index in [0.29, 0.717) is 23.8 Å². The molecule has 0 saturated carbocycles. The Labute approximate surface area is 163 Å². The quantitative estimate of drug-likeness (QED) is 0.841. The van der Waals surface area contributed by atoms with Crippen molar-refractivity contribution in [3.8, 4) is 0 Å². The molecule has 3 heterocycles. The van der Waals surface area contributed by atoms with Gasteiger partial charge in [-0.25, -0.2) is 13.4 Å². The van der Waals surface area contributed by atoms with Crippen LogP contribution < -0.4 is 5.32 Å². The maximum atomic E-state index is 12.7. The highest BCUT2D eigenvalue weighted by Gasteiger charge is 2.28. The highest BCUT2D eigenvalue weighted by atomic mass is 32.2. The normalized spacial score (nSPS) is 18.4. The average molecular weight is 407 g/mol. The predicted molar refractivity (Wildman–Crippen MR) is 105 cm³/mol. The number of fused-ring (bicyclic) bond motifs is 1. The first-order valence-electron chi connectivity index (χ1n) is 9.02. The molecule has 0 bridgehead atoms. The van der Waals surface area contributed by atoms with Crippen LogP contribution in [-0.4, -0.2) is 55.2 Å². The van der Waals surface area contributed by atoms with Gasteiger partial charge in [-0.15, -0.1) is 11.3 Å². The molecule has 2 aliphatic heterocycles. The van der Waals surface area contributed by atoms with Gasteiger partial charge in [-0.1, -0.05) is 6.07 Å². The lowest BCUT2D eigenvalue weighted by molar-refractivity contribution is 0.102. The zero-order valence-electron chi connectivity index (χ0n) is 15.1. The van der Waals surface area contributed by atoms with Gasteiger partial charge in [-0.05, 0) is 38.1 Å². The molecule has 27 heavy (non-hydrogen) atoms. The molecule has 0 radical (unpaired) electrons. The van der Waals surface area contributed by atoms with E-state index in [-0.39, 0.29) is 10.8 Å². The Hall–Kier alpha value is -1.81. The van der Waals surface area contributed by atoms with Crippen LogP contribution in [-0.2, 0) is 23.0 Å². The first-order valence-corrected chi connectivity index (χ1v) is 11.3. The highest BCUT2D eigenvalue weighted by Crippen LogP contribution is 2.28. The van der Waals surface area contributed by atoms with Crippen molar-refractivity contribution in [2.75, 3.05) is 32.0 Å². The third kappa shape index (κ3) is 3.77. The Bertz CT molecular complexity index is 965. The van der Waals surface area contributed by atoms with Crippen molar-refractivity contribution >= 4 is 32.4 Å². The molecule has 1 N–H and O–H groups in total. The van der Waals surface area contributed by atoms with E-state index in [1.807, 2.05) is 0 Å². The molecule has 1 aromatic heterocycles. The summed E-state index contributed by atoms with van der Waals surface area (Å²) in [6.07, 6.45) is 2.63. The van der Waals surface area contributed by atoms with Crippen molar-refractivity contribution in [3.63, 3.8) is 0 Å². The van der Waals surface area contributed by atoms with E-state index in [1.165, 1.54) is 26.6 Å². The summed E-state index contributed by atoms with van der Waals surface area (Å²) in [5, 5.41) is 3.38. The first-order chi connectivity index (χ1) is 12.9. The number of nitrogens with zero attached hydrogens (tertiary/aromatic N) is 3. The lowest BCUT2D eigenvalue weighted by Crippen LogP contribution is -2.28. The number of thiazole rings is 1. The number of hydrogen-bond donors (Lipinski definition) is 1. The molecule has 9 heteroatoms. The second kappa shape index (κ2) is 7.31. The molecule has 144 valence electrons. The number of rotatable bonds is 4. The van der Waals surface area contributed by atoms with Crippen LogP contribution in [0.2, 0.25) is 0 Å². The van der Waals surface area contributed by atoms with Crippen LogP contribution in [0.25, 0.3) is 0 Å². The number of hydrogen-bond acceptors (Lipinski definition) is 6. The number of carbonyl (C=O) groups is 1. The SMILES string of the molecule is CN1CCc2nc(NC(=O)c3cccc(S(=O)(=O)N4CCCC4)c3)sc2C1. The fourth-order valence-electron chi connectivity index (χ4n) is 3.42. The predicted octanol–water partition coefficient (Wildman–Crippen LogP) is 2.17. The lowest BCUT2D eigenvalue weighted by atomic mass is 10.2. The van der Waals surface area contributed by atoms with Gasteiger partial charge in [-0.2, -0.15) is 4.31 Å². The van der Waals surface area contributed by atoms with Crippen molar-refractivity contribution in [1.82, 2.24) is 14.2 Å². The second-order valence-electron chi connectivity index (χ2n) is 6.97. The molecule has 7 nitrogen and oxygen atoms in total. The summed E-state index contributed by atoms with van der Waals surface area (Å²) in [4.78, 5) is 20.7. The summed E-state index contributed by atoms with van der Waals surface area (Å²) in [6.45, 7) is 2.88. The number of sulfonamides is 1. The molecular weight excluding hydrogens is 384 g/mol. The van der Waals surface area contributed by atoms with Crippen molar-refractivity contribution in [2.24, 2.45) is 0 Å². The maximum Gasteiger partial charge on any atom is 0.257 e. The van der Waals surface area contributed by atoms with Crippen molar-refractivity contribution < 1.29 is 13.2 Å². The monoisotopic (exact) mass is 406 g/mol. The Morgan fingerprint density at radius 3 is 2.78 bits per heavy atom. The number of nitrogens with one attached hydrogen (secondary N) is 1. The lowest BCUT2D eigenvalue weighted by Gasteiger charge is -2.20. The highest BCUT2D eigenvalue weighted by molar-refractivity contribution is 7.89. The maximum absolute atomic E-state index is 12.7. The Kier molecular flexibility index (Phi) is 5.02. The van der Waals surface area contributed by atoms with E-state index in [0.717, 1.165) is 38.0 Å². The standard InChI is InChI=1S/C18H22N4O3S2/c1-21-10-7-15-16(12-21)26-18(19-15)20-17(23)13-5-4-6-14(11-13)27(24,25)22-8-2-3-9-22/h4-6,11H,2-3,7-10,12H2,1H3,(H,19,20,23). The van der Waals surface area contributed by atoms with E-state index in [1.54, 1.807) is 18.2 Å². The number of likely N-dealkylation sites (N-methyl/N-ethyl adjacent to an activating group) is 1. The van der Waals surface area contributed by atoms with Gasteiger partial charge in [0.15, 0.2) is 5.13 Å². The summed E-state index contributed by atoms with van der Waals surface area (Å²) < 4.78 is 26.9. The van der Waals surface area contributed by atoms with Gasteiger partial charge in [0.05, 0.1) is 10.6 Å². The molecule has 2 aliphatic rings. The van der Waals surface area contributed by atoms with Crippen LogP contribution in [0, 0.1) is 0 Å². The van der Waals surface area contributed by atoms with Crippen LogP contribution in [0.5, 0.6) is 0 Å². The molecule has 1 fully saturated rings. The third-order valence-corrected chi connectivity index (χ3v) is 7.83. The van der Waals surface area contributed by atoms with Crippen LogP contribution in [0.3, 0.4) is 0 Å². The fourth-order valence-corrected chi connectivity index (χ4v) is 6.07. The van der Waals surface area contributed by atoms with Gasteiger partial charge < -0.3 is 4.90 Å². The zero-order valence-corrected chi connectivity index (χ0v) is 16.8. The van der Waals surface area contributed by atoms with Gasteiger partial charge in [0.2, 0.25) is 10.0 Å². The molecule has 1 amide bonds. The van der Waals surface area contributed by atoms with Gasteiger partial charge in [0.25, 0.3) is 5.91 Å². The molecule has 1 saturated heterocycles. The first kappa shape index (κ1) is 18.5. The fraction of sp³-hybridized carbons (Fsp3) is 0.444. The zero-order chi connectivity index (χ0) is 19.0. The summed E-state index contributed by atoms with van der Waals surface area (Å²) in [7, 11) is -1.48. The smallest absolute Gasteiger partial charge is 0.257 e. The minimum Gasteiger partial charge on any atom is -0.301 e. The van der Waals surface area contributed by atoms with E-state index >= 15 is 0 Å². The van der Waals surface area contributed by atoms with E-state index in [9.17, 15) is 13.2 Å². The van der Waals surface area contributed by atoms with Crippen molar-refractivity contribution in [1.29, 1.82) is 0 Å². The molecule has 0 aliphatic carbocycles. The number of benzene rings is 1. The number of carbonyl (C=O) groups excluding carboxylic acids is 1. The molecule has 2 aromatic rings. The van der Waals surface area contributed by atoms with Gasteiger partial charge in [0.1, 0.15) is 0 Å². The van der Waals surface area contributed by atoms with Crippen LogP contribution in [0.1, 0.15) is 33.8 Å². The minimum absolute atomic E-state index is 0.164. The van der Waals surface area contributed by atoms with Gasteiger partial charge >= 0.3 is 0 Å². The largest absolute Gasteiger partial charge is 0.301 e. The van der Waals surface area contributed by atoms with Crippen LogP contribution >= 0.6 is 11.3 Å². The van der Waals surface area contributed by atoms with Crippen LogP contribution in [0.15, 0.2) is 29.2 Å². The third-order valence-electron chi connectivity index (χ3n) is 4.94. The van der Waals surface area contributed by atoms with Crippen LogP contribution in [0.4, 0.5) is 5.13 Å². The van der Waals surface area contributed by atoms with E-state index in [2.05, 4.69) is 22.2 Å². The van der Waals surface area contributed by atoms with E-state index in [4.69, 9.17) is 0 Å². The Morgan fingerprint density at radius 2 is 2.00 bits per heavy atom. The molecule has 0 atom stereocenters. The molecule has 1 aromatic carbocycles. The summed E-state index contributed by atoms with van der Waals surface area (Å²) in [5.74, 6) is -0.340. The number of amides is 1. The molecular formula is C18H22N4O3S2. The van der Waals surface area contributed by atoms with Gasteiger partial charge in [-0.3, -0.25) is 10.1 Å². The Morgan fingerprint density at radius 1 is 1.22 bits per heavy atom. The van der Waals surface area contributed by atoms with E-state index < -0.39 is 10.0 Å². The van der Waals surface area contributed by atoms with Gasteiger partial charge in [0, 0.05) is 43.0 Å². The summed E-state index contributed by atoms with van der Waals surface area (Å²) >= 11 is 1.48. The van der Waals surface area contributed by atoms with Crippen molar-refractivity contribution in [2.45, 2.75) is 30.7 Å². The Balaban J connectivity index is 1.53. The topological polar surface area (TPSA) is 82.6 Å². The average Bonchev–Trinajstić information content (AvgIpc) is 3.31. The number of anilines is 1. The molecule has 4 rings (SSSR count). The molecule has 0 unspecified atom stereocenters. The summed E-state index contributed by atoms with van der Waals surface area (Å²) in [6, 6.07) is 6.23. The van der Waals surface area contributed by atoms with Crippen molar-refractivity contribution in [3.05, 3.63) is 40.4 Å².